The van der Waals surface area contributed by atoms with Crippen LogP contribution in [0.15, 0.2) is 22.6 Å². The zero-order valence-corrected chi connectivity index (χ0v) is 16.3. The summed E-state index contributed by atoms with van der Waals surface area (Å²) in [6.07, 6.45) is 0.727. The van der Waals surface area contributed by atoms with Crippen molar-refractivity contribution in [1.29, 1.82) is 0 Å². The molecule has 9 nitrogen and oxygen atoms in total. The van der Waals surface area contributed by atoms with E-state index in [4.69, 9.17) is 13.9 Å². The average Bonchev–Trinajstić information content (AvgIpc) is 3.16. The summed E-state index contributed by atoms with van der Waals surface area (Å²) in [5.74, 6) is 1.99. The topological polar surface area (TPSA) is 98.0 Å². The van der Waals surface area contributed by atoms with Crippen molar-refractivity contribution in [2.75, 3.05) is 40.4 Å². The Kier molecular flexibility index (Phi) is 6.13. The van der Waals surface area contributed by atoms with E-state index in [9.17, 15) is 9.59 Å². The summed E-state index contributed by atoms with van der Waals surface area (Å²) in [5, 5.41) is 7.66. The molecule has 0 N–H and O–H groups in total. The number of carbonyl (C=O) groups is 2. The van der Waals surface area contributed by atoms with Gasteiger partial charge in [0, 0.05) is 57.6 Å². The molecule has 1 aromatic carbocycles. The maximum atomic E-state index is 12.8. The Bertz CT molecular complexity index is 820. The Hall–Kier alpha value is -3.10. The first-order chi connectivity index (χ1) is 13.5. The number of benzene rings is 1. The van der Waals surface area contributed by atoms with Gasteiger partial charge >= 0.3 is 0 Å². The Morgan fingerprint density at radius 2 is 1.61 bits per heavy atom. The van der Waals surface area contributed by atoms with Crippen LogP contribution >= 0.6 is 0 Å². The van der Waals surface area contributed by atoms with E-state index < -0.39 is 0 Å². The van der Waals surface area contributed by atoms with Crippen LogP contribution in [0, 0.1) is 6.92 Å². The van der Waals surface area contributed by atoms with Crippen LogP contribution in [0.1, 0.15) is 28.6 Å². The highest BCUT2D eigenvalue weighted by Crippen LogP contribution is 2.24. The van der Waals surface area contributed by atoms with Crippen LogP contribution < -0.4 is 9.47 Å². The third-order valence-corrected chi connectivity index (χ3v) is 4.64. The van der Waals surface area contributed by atoms with Crippen molar-refractivity contribution in [2.45, 2.75) is 19.8 Å². The highest BCUT2D eigenvalue weighted by molar-refractivity contribution is 5.95. The van der Waals surface area contributed by atoms with Crippen molar-refractivity contribution in [1.82, 2.24) is 20.0 Å². The molecular formula is C19H24N4O5. The minimum absolute atomic E-state index is 0.0194. The monoisotopic (exact) mass is 388 g/mol. The van der Waals surface area contributed by atoms with Crippen molar-refractivity contribution in [3.63, 3.8) is 0 Å². The first-order valence-corrected chi connectivity index (χ1v) is 9.09. The number of piperazine rings is 1. The fraction of sp³-hybridized carbons (Fsp3) is 0.474. The fourth-order valence-corrected chi connectivity index (χ4v) is 3.08. The minimum Gasteiger partial charge on any atom is -0.497 e. The predicted molar refractivity (Wildman–Crippen MR) is 99.4 cm³/mol. The molecule has 0 bridgehead atoms. The van der Waals surface area contributed by atoms with Crippen molar-refractivity contribution < 1.29 is 23.5 Å². The number of methoxy groups -OCH3 is 2. The van der Waals surface area contributed by atoms with Gasteiger partial charge in [-0.3, -0.25) is 9.59 Å². The molecular weight excluding hydrogens is 364 g/mol. The molecule has 0 saturated carbocycles. The molecule has 9 heteroatoms. The second-order valence-electron chi connectivity index (χ2n) is 6.49. The molecule has 0 unspecified atom stereocenters. The quantitative estimate of drug-likeness (QED) is 0.736. The lowest BCUT2D eigenvalue weighted by Gasteiger charge is -2.35. The van der Waals surface area contributed by atoms with Crippen LogP contribution in [0.2, 0.25) is 0 Å². The zero-order chi connectivity index (χ0) is 20.1. The third-order valence-electron chi connectivity index (χ3n) is 4.64. The normalized spacial score (nSPS) is 14.1. The Labute approximate surface area is 163 Å². The van der Waals surface area contributed by atoms with Gasteiger partial charge in [-0.15, -0.1) is 10.2 Å². The lowest BCUT2D eigenvalue weighted by atomic mass is 10.1. The molecule has 1 aromatic heterocycles. The summed E-state index contributed by atoms with van der Waals surface area (Å²) in [4.78, 5) is 28.7. The molecule has 1 fully saturated rings. The maximum absolute atomic E-state index is 12.8. The van der Waals surface area contributed by atoms with Crippen molar-refractivity contribution in [3.05, 3.63) is 35.5 Å². The maximum Gasteiger partial charge on any atom is 0.254 e. The lowest BCUT2D eigenvalue weighted by Crippen LogP contribution is -2.50. The van der Waals surface area contributed by atoms with Gasteiger partial charge in [0.05, 0.1) is 14.2 Å². The van der Waals surface area contributed by atoms with Crippen molar-refractivity contribution >= 4 is 11.8 Å². The second-order valence-corrected chi connectivity index (χ2v) is 6.49. The highest BCUT2D eigenvalue weighted by atomic mass is 16.5. The van der Waals surface area contributed by atoms with Crippen LogP contribution in [0.25, 0.3) is 0 Å². The van der Waals surface area contributed by atoms with Gasteiger partial charge in [-0.1, -0.05) is 0 Å². The average molecular weight is 388 g/mol. The van der Waals surface area contributed by atoms with Gasteiger partial charge in [0.15, 0.2) is 0 Å². The number of hydrogen-bond donors (Lipinski definition) is 0. The molecule has 2 amide bonds. The number of rotatable bonds is 6. The van der Waals surface area contributed by atoms with Gasteiger partial charge < -0.3 is 23.7 Å². The summed E-state index contributed by atoms with van der Waals surface area (Å²) in [6, 6.07) is 5.10. The Balaban J connectivity index is 1.54. The summed E-state index contributed by atoms with van der Waals surface area (Å²) >= 11 is 0. The van der Waals surface area contributed by atoms with Gasteiger partial charge in [0.2, 0.25) is 17.7 Å². The Morgan fingerprint density at radius 3 is 2.14 bits per heavy atom. The van der Waals surface area contributed by atoms with E-state index in [1.54, 1.807) is 49.1 Å². The van der Waals surface area contributed by atoms with E-state index in [1.807, 2.05) is 0 Å². The fourth-order valence-electron chi connectivity index (χ4n) is 3.08. The van der Waals surface area contributed by atoms with Gasteiger partial charge in [-0.05, 0) is 12.1 Å². The SMILES string of the molecule is COc1cc(OC)cc(C(=O)N2CCN(C(=O)CCc3nnc(C)o3)CC2)c1. The van der Waals surface area contributed by atoms with E-state index in [0.717, 1.165) is 0 Å². The first kappa shape index (κ1) is 19.7. The summed E-state index contributed by atoms with van der Waals surface area (Å²) in [6.45, 7) is 3.66. The van der Waals surface area contributed by atoms with E-state index in [0.29, 0.717) is 67.9 Å². The van der Waals surface area contributed by atoms with E-state index in [2.05, 4.69) is 10.2 Å². The predicted octanol–water partition coefficient (Wildman–Crippen LogP) is 1.31. The molecule has 2 aromatic rings. The van der Waals surface area contributed by atoms with E-state index in [-0.39, 0.29) is 11.8 Å². The van der Waals surface area contributed by atoms with Crippen LogP contribution in [0.4, 0.5) is 0 Å². The summed E-state index contributed by atoms with van der Waals surface area (Å²) in [5.41, 5.74) is 0.503. The molecule has 1 saturated heterocycles. The Morgan fingerprint density at radius 1 is 1.00 bits per heavy atom. The number of amides is 2. The molecule has 3 rings (SSSR count). The second kappa shape index (κ2) is 8.73. The largest absolute Gasteiger partial charge is 0.497 e. The number of aromatic nitrogens is 2. The molecule has 0 radical (unpaired) electrons. The van der Waals surface area contributed by atoms with E-state index in [1.165, 1.54) is 0 Å². The highest BCUT2D eigenvalue weighted by Gasteiger charge is 2.25. The molecule has 150 valence electrons. The molecule has 0 aliphatic carbocycles. The van der Waals surface area contributed by atoms with Crippen molar-refractivity contribution in [2.24, 2.45) is 0 Å². The number of carbonyl (C=O) groups excluding carboxylic acids is 2. The zero-order valence-electron chi connectivity index (χ0n) is 16.3. The summed E-state index contributed by atoms with van der Waals surface area (Å²) < 4.78 is 15.7. The summed E-state index contributed by atoms with van der Waals surface area (Å²) in [7, 11) is 3.09. The standard InChI is InChI=1S/C19H24N4O5/c1-13-20-21-17(28-13)4-5-18(24)22-6-8-23(9-7-22)19(25)14-10-15(26-2)12-16(11-14)27-3/h10-12H,4-9H2,1-3H3. The minimum atomic E-state index is -0.106. The molecule has 1 aliphatic heterocycles. The molecule has 0 spiro atoms. The smallest absolute Gasteiger partial charge is 0.254 e. The van der Waals surface area contributed by atoms with Gasteiger partial charge in [-0.2, -0.15) is 0 Å². The van der Waals surface area contributed by atoms with Gasteiger partial charge in [0.1, 0.15) is 11.5 Å². The molecule has 28 heavy (non-hydrogen) atoms. The molecule has 1 aliphatic rings. The van der Waals surface area contributed by atoms with Crippen LogP contribution in [-0.2, 0) is 11.2 Å². The molecule has 0 atom stereocenters. The third kappa shape index (κ3) is 4.59. The van der Waals surface area contributed by atoms with Crippen LogP contribution in [-0.4, -0.2) is 72.2 Å². The first-order valence-electron chi connectivity index (χ1n) is 9.09. The number of hydrogen-bond acceptors (Lipinski definition) is 7. The number of ether oxygens (including phenoxy) is 2. The van der Waals surface area contributed by atoms with Crippen LogP contribution in [0.3, 0.4) is 0 Å². The van der Waals surface area contributed by atoms with Crippen molar-refractivity contribution in [3.8, 4) is 11.5 Å². The molecule has 2 heterocycles. The number of aryl methyl sites for hydroxylation is 2. The van der Waals surface area contributed by atoms with E-state index >= 15 is 0 Å². The van der Waals surface area contributed by atoms with Gasteiger partial charge in [0.25, 0.3) is 5.91 Å². The van der Waals surface area contributed by atoms with Crippen LogP contribution in [0.5, 0.6) is 11.5 Å². The lowest BCUT2D eigenvalue weighted by molar-refractivity contribution is -0.132. The van der Waals surface area contributed by atoms with Gasteiger partial charge in [-0.25, -0.2) is 0 Å². The number of nitrogens with zero attached hydrogens (tertiary/aromatic N) is 4.